The Hall–Kier alpha value is -0.920. The van der Waals surface area contributed by atoms with Gasteiger partial charge < -0.3 is 9.47 Å². The number of fused-ring (bicyclic) bond motifs is 2. The molecule has 2 aliphatic heterocycles. The van der Waals surface area contributed by atoms with Crippen LogP contribution in [-0.2, 0) is 9.47 Å². The van der Waals surface area contributed by atoms with E-state index in [1.54, 1.807) is 0 Å². The van der Waals surface area contributed by atoms with E-state index < -0.39 is 0 Å². The minimum absolute atomic E-state index is 0.497. The number of rotatable bonds is 0. The summed E-state index contributed by atoms with van der Waals surface area (Å²) in [6, 6.07) is 0. The number of allylic oxidation sites excluding steroid dienone is 2. The van der Waals surface area contributed by atoms with Gasteiger partial charge in [0.2, 0.25) is 0 Å². The molecule has 4 aliphatic rings. The minimum atomic E-state index is 0.497. The van der Waals surface area contributed by atoms with Crippen LogP contribution >= 0.6 is 0 Å². The van der Waals surface area contributed by atoms with Crippen molar-refractivity contribution in [1.29, 1.82) is 0 Å². The molecule has 2 heterocycles. The van der Waals surface area contributed by atoms with Crippen LogP contribution in [0.15, 0.2) is 24.7 Å². The van der Waals surface area contributed by atoms with E-state index in [0.717, 1.165) is 35.2 Å². The summed E-state index contributed by atoms with van der Waals surface area (Å²) in [5, 5.41) is 0. The summed E-state index contributed by atoms with van der Waals surface area (Å²) in [6.45, 7) is 17.1. The molecule has 8 atom stereocenters. The van der Waals surface area contributed by atoms with Crippen LogP contribution in [0.5, 0.6) is 0 Å². The van der Waals surface area contributed by atoms with Gasteiger partial charge in [0.05, 0.1) is 11.5 Å². The molecule has 0 amide bonds. The Morgan fingerprint density at radius 3 is 1.42 bits per heavy atom. The summed E-state index contributed by atoms with van der Waals surface area (Å²) in [5.41, 5.74) is 0. The third-order valence-electron chi connectivity index (χ3n) is 7.12. The lowest BCUT2D eigenvalue weighted by molar-refractivity contribution is 0.0750. The molecule has 2 saturated carbocycles. The number of hydrogen-bond donors (Lipinski definition) is 0. The first-order chi connectivity index (χ1) is 11.4. The summed E-state index contributed by atoms with van der Waals surface area (Å²) in [7, 11) is 0. The highest BCUT2D eigenvalue weighted by molar-refractivity contribution is 5.04. The standard InChI is InChI=1S/2C11H18O/c2*1-7-4-5-10-8(2)9(3)12-11(10)6-7/h2*7-8,10-11H,3-6H2,1-2H3/t7-,8+,10+,11-;7-,8-,10+,11-/m11/s1. The molecule has 136 valence electrons. The smallest absolute Gasteiger partial charge is 0.102 e. The Kier molecular flexibility index (Phi) is 5.32. The van der Waals surface area contributed by atoms with Crippen LogP contribution in [0, 0.1) is 35.5 Å². The molecule has 0 unspecified atom stereocenters. The quantitative estimate of drug-likeness (QED) is 0.546. The predicted octanol–water partition coefficient (Wildman–Crippen LogP) is 5.94. The lowest BCUT2D eigenvalue weighted by Crippen LogP contribution is -2.27. The van der Waals surface area contributed by atoms with E-state index in [1.165, 1.54) is 38.5 Å². The monoisotopic (exact) mass is 332 g/mol. The van der Waals surface area contributed by atoms with Crippen molar-refractivity contribution in [2.75, 3.05) is 0 Å². The van der Waals surface area contributed by atoms with Gasteiger partial charge in [-0.15, -0.1) is 0 Å². The maximum atomic E-state index is 5.75. The Morgan fingerprint density at radius 2 is 1.04 bits per heavy atom. The molecule has 2 saturated heterocycles. The predicted molar refractivity (Wildman–Crippen MR) is 99.4 cm³/mol. The van der Waals surface area contributed by atoms with Crippen LogP contribution in [0.1, 0.15) is 66.2 Å². The molecule has 4 rings (SSSR count). The van der Waals surface area contributed by atoms with Crippen LogP contribution in [-0.4, -0.2) is 12.2 Å². The third-order valence-corrected chi connectivity index (χ3v) is 7.12. The lowest BCUT2D eigenvalue weighted by atomic mass is 9.76. The summed E-state index contributed by atoms with van der Waals surface area (Å²) in [4.78, 5) is 0. The van der Waals surface area contributed by atoms with Crippen molar-refractivity contribution in [1.82, 2.24) is 0 Å². The largest absolute Gasteiger partial charge is 0.495 e. The zero-order valence-corrected chi connectivity index (χ0v) is 16.1. The maximum Gasteiger partial charge on any atom is 0.102 e. The number of ether oxygens (including phenoxy) is 2. The second-order valence-electron chi connectivity index (χ2n) is 8.99. The molecule has 2 aliphatic carbocycles. The van der Waals surface area contributed by atoms with Crippen molar-refractivity contribution in [2.24, 2.45) is 35.5 Å². The van der Waals surface area contributed by atoms with Crippen LogP contribution in [0.3, 0.4) is 0 Å². The van der Waals surface area contributed by atoms with E-state index in [0.29, 0.717) is 24.0 Å². The van der Waals surface area contributed by atoms with Gasteiger partial charge in [0, 0.05) is 23.7 Å². The Labute approximate surface area is 148 Å². The molecule has 24 heavy (non-hydrogen) atoms. The highest BCUT2D eigenvalue weighted by Gasteiger charge is 2.41. The van der Waals surface area contributed by atoms with Crippen molar-refractivity contribution in [2.45, 2.75) is 78.4 Å². The van der Waals surface area contributed by atoms with Gasteiger partial charge in [0.15, 0.2) is 0 Å². The maximum absolute atomic E-state index is 5.75. The van der Waals surface area contributed by atoms with Crippen LogP contribution in [0.25, 0.3) is 0 Å². The summed E-state index contributed by atoms with van der Waals surface area (Å²) >= 11 is 0. The van der Waals surface area contributed by atoms with Crippen molar-refractivity contribution in [3.05, 3.63) is 24.7 Å². The van der Waals surface area contributed by atoms with Crippen LogP contribution in [0.4, 0.5) is 0 Å². The SMILES string of the molecule is C=C1O[C@@H]2C[C@H](C)CC[C@H]2[C@@H]1C.C=C1O[C@@H]2C[C@H](C)CC[C@H]2[C@H]1C. The molecule has 0 bridgehead atoms. The fourth-order valence-electron chi connectivity index (χ4n) is 5.20. The molecule has 0 aromatic carbocycles. The fraction of sp³-hybridized carbons (Fsp3) is 0.818. The van der Waals surface area contributed by atoms with E-state index >= 15 is 0 Å². The summed E-state index contributed by atoms with van der Waals surface area (Å²) < 4.78 is 11.5. The normalized spacial score (nSPS) is 47.0. The minimum Gasteiger partial charge on any atom is -0.495 e. The third kappa shape index (κ3) is 3.53. The lowest BCUT2D eigenvalue weighted by Gasteiger charge is -2.29. The molecular weight excluding hydrogens is 296 g/mol. The Morgan fingerprint density at radius 1 is 0.667 bits per heavy atom. The van der Waals surface area contributed by atoms with E-state index in [-0.39, 0.29) is 0 Å². The average molecular weight is 333 g/mol. The van der Waals surface area contributed by atoms with E-state index in [1.807, 2.05) is 0 Å². The van der Waals surface area contributed by atoms with Gasteiger partial charge in [-0.25, -0.2) is 0 Å². The van der Waals surface area contributed by atoms with Crippen molar-refractivity contribution in [3.63, 3.8) is 0 Å². The zero-order chi connectivity index (χ0) is 17.4. The molecule has 0 radical (unpaired) electrons. The Balaban J connectivity index is 0.000000141. The highest BCUT2D eigenvalue weighted by Crippen LogP contribution is 2.45. The van der Waals surface area contributed by atoms with Gasteiger partial charge in [-0.2, -0.15) is 0 Å². The van der Waals surface area contributed by atoms with Gasteiger partial charge in [-0.3, -0.25) is 0 Å². The summed E-state index contributed by atoms with van der Waals surface area (Å²) in [6.07, 6.45) is 8.91. The van der Waals surface area contributed by atoms with E-state index in [9.17, 15) is 0 Å². The second-order valence-corrected chi connectivity index (χ2v) is 8.99. The Bertz CT molecular complexity index is 438. The van der Waals surface area contributed by atoms with Gasteiger partial charge in [-0.05, 0) is 37.5 Å². The molecule has 0 aromatic heterocycles. The van der Waals surface area contributed by atoms with Crippen molar-refractivity contribution in [3.8, 4) is 0 Å². The first-order valence-corrected chi connectivity index (χ1v) is 10.1. The van der Waals surface area contributed by atoms with Crippen LogP contribution < -0.4 is 0 Å². The highest BCUT2D eigenvalue weighted by atomic mass is 16.5. The summed E-state index contributed by atoms with van der Waals surface area (Å²) in [5.74, 6) is 6.50. The molecule has 2 nitrogen and oxygen atoms in total. The van der Waals surface area contributed by atoms with E-state index in [4.69, 9.17) is 9.47 Å². The number of hydrogen-bond acceptors (Lipinski definition) is 2. The van der Waals surface area contributed by atoms with Crippen molar-refractivity contribution < 1.29 is 9.47 Å². The molecule has 0 spiro atoms. The van der Waals surface area contributed by atoms with E-state index in [2.05, 4.69) is 40.9 Å². The molecule has 2 heteroatoms. The first-order valence-electron chi connectivity index (χ1n) is 10.1. The zero-order valence-electron chi connectivity index (χ0n) is 16.1. The molecule has 0 N–H and O–H groups in total. The van der Waals surface area contributed by atoms with Gasteiger partial charge >= 0.3 is 0 Å². The average Bonchev–Trinajstić information content (AvgIpc) is 2.96. The molecule has 0 aromatic rings. The second kappa shape index (κ2) is 7.14. The van der Waals surface area contributed by atoms with Crippen LogP contribution in [0.2, 0.25) is 0 Å². The first kappa shape index (κ1) is 17.9. The molecule has 4 fully saturated rings. The van der Waals surface area contributed by atoms with Gasteiger partial charge in [0.25, 0.3) is 0 Å². The topological polar surface area (TPSA) is 18.5 Å². The molecular formula is C22H36O2. The van der Waals surface area contributed by atoms with Gasteiger partial charge in [0.1, 0.15) is 12.2 Å². The van der Waals surface area contributed by atoms with Gasteiger partial charge in [-0.1, -0.05) is 53.7 Å². The fourth-order valence-corrected chi connectivity index (χ4v) is 5.20. The van der Waals surface area contributed by atoms with Crippen molar-refractivity contribution >= 4 is 0 Å².